The predicted molar refractivity (Wildman–Crippen MR) is 197 cm³/mol. The van der Waals surface area contributed by atoms with Gasteiger partial charge in [0.15, 0.2) is 0 Å². The minimum atomic E-state index is 0. The van der Waals surface area contributed by atoms with Crippen LogP contribution in [0.1, 0.15) is 50.7 Å². The van der Waals surface area contributed by atoms with Crippen LogP contribution in [0.2, 0.25) is 0 Å². The van der Waals surface area contributed by atoms with E-state index in [0.29, 0.717) is 11.8 Å². The van der Waals surface area contributed by atoms with Gasteiger partial charge in [-0.2, -0.15) is 0 Å². The van der Waals surface area contributed by atoms with Gasteiger partial charge in [0.2, 0.25) is 0 Å². The first kappa shape index (κ1) is 33.3. The largest absolute Gasteiger partial charge is 0.333 e. The molecule has 8 rings (SSSR count). The quantitative estimate of drug-likeness (QED) is 0.157. The Morgan fingerprint density at radius 3 is 2.15 bits per heavy atom. The van der Waals surface area contributed by atoms with E-state index >= 15 is 0 Å². The number of rotatable bonds is 6. The number of imidazole rings is 1. The molecular formula is C42H36IrN4S-2. The number of nitrogens with zero attached hydrogens (tertiary/aromatic N) is 4. The molecule has 241 valence electrons. The summed E-state index contributed by atoms with van der Waals surface area (Å²) in [6.07, 6.45) is 5.95. The molecule has 4 aromatic heterocycles. The first-order valence-electron chi connectivity index (χ1n) is 16.1. The van der Waals surface area contributed by atoms with Gasteiger partial charge in [0.25, 0.3) is 0 Å². The van der Waals surface area contributed by atoms with E-state index in [2.05, 4.69) is 138 Å². The number of thiophene rings is 1. The number of aromatic nitrogens is 4. The van der Waals surface area contributed by atoms with Gasteiger partial charge in [-0.3, -0.25) is 16.3 Å². The molecule has 6 heteroatoms. The number of para-hydroxylation sites is 3. The Balaban J connectivity index is 0.000000260. The second kappa shape index (κ2) is 14.7. The summed E-state index contributed by atoms with van der Waals surface area (Å²) < 4.78 is 5.76. The molecule has 0 atom stereocenters. The van der Waals surface area contributed by atoms with Crippen LogP contribution in [0, 0.1) is 11.4 Å². The van der Waals surface area contributed by atoms with Crippen molar-refractivity contribution < 1.29 is 20.1 Å². The van der Waals surface area contributed by atoms with Crippen molar-refractivity contribution in [3.63, 3.8) is 0 Å². The second-order valence-corrected chi connectivity index (χ2v) is 13.0. The monoisotopic (exact) mass is 821 g/mol. The van der Waals surface area contributed by atoms with Crippen LogP contribution in [-0.4, -0.2) is 19.1 Å². The van der Waals surface area contributed by atoms with E-state index in [0.717, 1.165) is 39.4 Å². The third kappa shape index (κ3) is 6.57. The Bertz CT molecular complexity index is 2180. The van der Waals surface area contributed by atoms with Gasteiger partial charge in [-0.25, -0.2) is 0 Å². The average molecular weight is 821 g/mol. The molecule has 0 amide bonds. The number of benzene rings is 4. The molecule has 0 spiro atoms. The first-order chi connectivity index (χ1) is 23.0. The van der Waals surface area contributed by atoms with Crippen molar-refractivity contribution in [2.75, 3.05) is 0 Å². The predicted octanol–water partition coefficient (Wildman–Crippen LogP) is 11.3. The first-order valence-corrected chi connectivity index (χ1v) is 16.9. The summed E-state index contributed by atoms with van der Waals surface area (Å²) in [6, 6.07) is 42.8. The maximum absolute atomic E-state index is 5.21. The van der Waals surface area contributed by atoms with Gasteiger partial charge in [-0.15, -0.1) is 41.3 Å². The maximum atomic E-state index is 5.21. The van der Waals surface area contributed by atoms with E-state index in [1.54, 1.807) is 17.5 Å². The minimum Gasteiger partial charge on any atom is -0.333 e. The third-order valence-corrected chi connectivity index (χ3v) is 9.28. The zero-order valence-electron chi connectivity index (χ0n) is 27.4. The van der Waals surface area contributed by atoms with Gasteiger partial charge in [0.1, 0.15) is 0 Å². The molecule has 0 bridgehead atoms. The van der Waals surface area contributed by atoms with E-state index < -0.39 is 0 Å². The van der Waals surface area contributed by atoms with Crippen LogP contribution in [0.5, 0.6) is 0 Å². The Morgan fingerprint density at radius 2 is 1.46 bits per heavy atom. The Morgan fingerprint density at radius 1 is 0.729 bits per heavy atom. The van der Waals surface area contributed by atoms with Crippen molar-refractivity contribution >= 4 is 32.5 Å². The van der Waals surface area contributed by atoms with Gasteiger partial charge >= 0.3 is 0 Å². The van der Waals surface area contributed by atoms with Crippen molar-refractivity contribution in [1.29, 1.82) is 0 Å². The molecule has 4 nitrogen and oxygen atoms in total. The topological polar surface area (TPSA) is 35.6 Å². The summed E-state index contributed by atoms with van der Waals surface area (Å²) in [5, 5.41) is 4.81. The molecule has 1 radical (unpaired) electrons. The molecule has 0 N–H and O–H groups in total. The Kier molecular flexibility index (Phi) is 10.2. The van der Waals surface area contributed by atoms with E-state index in [1.165, 1.54) is 26.9 Å². The zero-order valence-corrected chi connectivity index (χ0v) is 30.6. The van der Waals surface area contributed by atoms with Crippen LogP contribution in [-0.2, 0) is 20.1 Å². The SMILES string of the molecule is CC(C)c1cccc(C(C)C)c1-n1c(-c2[c-]sc3ccc(-n4cccc4)cc23)nc2ccccc21.[Ir].[c-]1ccccc1-c1ccccn1. The minimum absolute atomic E-state index is 0. The van der Waals surface area contributed by atoms with Crippen LogP contribution in [0.15, 0.2) is 134 Å². The molecule has 0 unspecified atom stereocenters. The molecule has 4 aromatic carbocycles. The summed E-state index contributed by atoms with van der Waals surface area (Å²) in [5.74, 6) is 1.74. The van der Waals surface area contributed by atoms with E-state index in [1.807, 2.05) is 42.5 Å². The van der Waals surface area contributed by atoms with Crippen LogP contribution in [0.25, 0.3) is 55.1 Å². The van der Waals surface area contributed by atoms with E-state index in [-0.39, 0.29) is 20.1 Å². The number of hydrogen-bond donors (Lipinski definition) is 0. The molecule has 8 aromatic rings. The smallest absolute Gasteiger partial charge is 0.0774 e. The maximum Gasteiger partial charge on any atom is 0.0774 e. The summed E-state index contributed by atoms with van der Waals surface area (Å²) in [4.78, 5) is 9.42. The fourth-order valence-electron chi connectivity index (χ4n) is 6.06. The molecule has 0 fully saturated rings. The van der Waals surface area contributed by atoms with Gasteiger partial charge in [0.05, 0.1) is 16.9 Å². The molecule has 0 aliphatic carbocycles. The van der Waals surface area contributed by atoms with Gasteiger partial charge < -0.3 is 14.1 Å². The van der Waals surface area contributed by atoms with Gasteiger partial charge in [0, 0.05) is 50.1 Å². The Labute approximate surface area is 300 Å². The van der Waals surface area contributed by atoms with E-state index in [9.17, 15) is 0 Å². The fraction of sp³-hybridized carbons (Fsp3) is 0.143. The normalized spacial score (nSPS) is 11.1. The molecule has 0 aliphatic rings. The van der Waals surface area contributed by atoms with Gasteiger partial charge in [-0.1, -0.05) is 97.9 Å². The zero-order chi connectivity index (χ0) is 32.3. The number of fused-ring (bicyclic) bond motifs is 2. The average Bonchev–Trinajstić information content (AvgIpc) is 3.88. The van der Waals surface area contributed by atoms with Crippen molar-refractivity contribution in [2.24, 2.45) is 0 Å². The summed E-state index contributed by atoms with van der Waals surface area (Å²) >= 11 is 1.66. The van der Waals surface area contributed by atoms with Crippen molar-refractivity contribution in [3.05, 3.63) is 156 Å². The fourth-order valence-corrected chi connectivity index (χ4v) is 6.88. The summed E-state index contributed by atoms with van der Waals surface area (Å²) in [5.41, 5.74) is 10.3. The third-order valence-electron chi connectivity index (χ3n) is 8.40. The van der Waals surface area contributed by atoms with Crippen molar-refractivity contribution in [1.82, 2.24) is 19.1 Å². The standard InChI is InChI=1S/C31H28N3S.C11H8N.Ir/c1-20(2)23-10-9-11-24(21(3)4)30(23)34-28-13-6-5-12-27(28)32-31(34)26-19-35-29-15-14-22(18-25(26)29)33-16-7-8-17-33;1-2-6-10(7-3-1)11-8-4-5-9-12-11;/h5-18,20-21H,1-4H3;1-6,8-9H;/q2*-1;. The van der Waals surface area contributed by atoms with Crippen LogP contribution in [0.4, 0.5) is 0 Å². The number of hydrogen-bond acceptors (Lipinski definition) is 3. The molecule has 4 heterocycles. The molecular weight excluding hydrogens is 785 g/mol. The second-order valence-electron chi connectivity index (χ2n) is 12.2. The molecule has 0 saturated heterocycles. The van der Waals surface area contributed by atoms with Crippen LogP contribution >= 0.6 is 11.3 Å². The van der Waals surface area contributed by atoms with Crippen LogP contribution in [0.3, 0.4) is 0 Å². The molecule has 0 saturated carbocycles. The Hall–Kier alpha value is -4.61. The van der Waals surface area contributed by atoms with Crippen molar-refractivity contribution in [2.45, 2.75) is 39.5 Å². The van der Waals surface area contributed by atoms with Crippen molar-refractivity contribution in [3.8, 4) is 34.0 Å². The number of pyridine rings is 1. The molecule has 0 aliphatic heterocycles. The molecule has 48 heavy (non-hydrogen) atoms. The van der Waals surface area contributed by atoms with Gasteiger partial charge in [-0.05, 0) is 65.1 Å². The summed E-state index contributed by atoms with van der Waals surface area (Å²) in [7, 11) is 0. The van der Waals surface area contributed by atoms with Crippen LogP contribution < -0.4 is 0 Å². The summed E-state index contributed by atoms with van der Waals surface area (Å²) in [6.45, 7) is 9.10. The van der Waals surface area contributed by atoms with E-state index in [4.69, 9.17) is 4.98 Å².